The van der Waals surface area contributed by atoms with Crippen molar-refractivity contribution in [2.24, 2.45) is 0 Å². The van der Waals surface area contributed by atoms with Crippen LogP contribution in [0.5, 0.6) is 0 Å². The zero-order valence-electron chi connectivity index (χ0n) is 13.1. The van der Waals surface area contributed by atoms with Crippen molar-refractivity contribution < 1.29 is 0 Å². The van der Waals surface area contributed by atoms with Crippen LogP contribution >= 0.6 is 11.6 Å². The minimum atomic E-state index is 0.717. The fourth-order valence-electron chi connectivity index (χ4n) is 3.02. The molecule has 4 rings (SSSR count). The number of para-hydroxylation sites is 1. The maximum absolute atomic E-state index is 5.93. The molecule has 0 spiro atoms. The third-order valence-corrected chi connectivity index (χ3v) is 4.41. The molecule has 0 unspecified atom stereocenters. The van der Waals surface area contributed by atoms with E-state index in [1.165, 1.54) is 11.3 Å². The number of hydrogen-bond donors (Lipinski definition) is 1. The Balaban J connectivity index is 1.62. The van der Waals surface area contributed by atoms with Crippen LogP contribution in [0.15, 0.2) is 60.9 Å². The maximum atomic E-state index is 5.93. The van der Waals surface area contributed by atoms with Gasteiger partial charge in [-0.3, -0.25) is 0 Å². The van der Waals surface area contributed by atoms with Gasteiger partial charge in [-0.05, 0) is 48.7 Å². The molecule has 0 saturated carbocycles. The van der Waals surface area contributed by atoms with Gasteiger partial charge >= 0.3 is 0 Å². The summed E-state index contributed by atoms with van der Waals surface area (Å²) >= 11 is 5.93. The van der Waals surface area contributed by atoms with Crippen molar-refractivity contribution in [2.75, 3.05) is 16.8 Å². The van der Waals surface area contributed by atoms with Gasteiger partial charge in [0.25, 0.3) is 0 Å². The third kappa shape index (κ3) is 3.05. The Kier molecular flexibility index (Phi) is 4.05. The van der Waals surface area contributed by atoms with Crippen LogP contribution in [0.4, 0.5) is 23.0 Å². The second-order valence-electron chi connectivity index (χ2n) is 5.78. The lowest BCUT2D eigenvalue weighted by atomic mass is 10.0. The molecular weight excluding hydrogens is 320 g/mol. The lowest BCUT2D eigenvalue weighted by Gasteiger charge is -2.30. The number of halogens is 1. The van der Waals surface area contributed by atoms with E-state index in [0.717, 1.165) is 36.7 Å². The molecule has 1 aliphatic rings. The number of rotatable bonds is 3. The number of aromatic nitrogens is 2. The van der Waals surface area contributed by atoms with E-state index in [1.54, 1.807) is 6.33 Å². The highest BCUT2D eigenvalue weighted by atomic mass is 35.5. The minimum Gasteiger partial charge on any atom is -0.340 e. The largest absolute Gasteiger partial charge is 0.340 e. The van der Waals surface area contributed by atoms with Gasteiger partial charge in [0.05, 0.1) is 0 Å². The molecule has 1 N–H and O–H groups in total. The second-order valence-corrected chi connectivity index (χ2v) is 6.21. The minimum absolute atomic E-state index is 0.717. The summed E-state index contributed by atoms with van der Waals surface area (Å²) in [5, 5.41) is 4.01. The number of fused-ring (bicyclic) bond motifs is 1. The van der Waals surface area contributed by atoms with E-state index in [1.807, 2.05) is 30.3 Å². The first-order valence-electron chi connectivity index (χ1n) is 8.00. The van der Waals surface area contributed by atoms with Gasteiger partial charge in [0.15, 0.2) is 0 Å². The number of aryl methyl sites for hydroxylation is 1. The van der Waals surface area contributed by atoms with E-state index in [0.29, 0.717) is 5.02 Å². The molecule has 1 aliphatic heterocycles. The normalized spacial score (nSPS) is 13.5. The highest BCUT2D eigenvalue weighted by Crippen LogP contribution is 2.32. The van der Waals surface area contributed by atoms with Crippen LogP contribution in [-0.4, -0.2) is 16.5 Å². The van der Waals surface area contributed by atoms with E-state index >= 15 is 0 Å². The average Bonchev–Trinajstić information content (AvgIpc) is 2.63. The molecule has 5 heteroatoms. The van der Waals surface area contributed by atoms with E-state index in [-0.39, 0.29) is 0 Å². The quantitative estimate of drug-likeness (QED) is 0.734. The van der Waals surface area contributed by atoms with Gasteiger partial charge in [-0.15, -0.1) is 0 Å². The summed E-state index contributed by atoms with van der Waals surface area (Å²) in [6, 6.07) is 18.1. The molecule has 120 valence electrons. The van der Waals surface area contributed by atoms with Crippen LogP contribution in [0, 0.1) is 0 Å². The standard InChI is InChI=1S/C19H17ClN4/c20-15-7-9-16(10-8-15)23-18-12-19(22-13-21-18)24-11-3-5-14-4-1-2-6-17(14)24/h1-2,4,6-10,12-13H,3,5,11H2,(H,21,22,23). The van der Waals surface area contributed by atoms with Gasteiger partial charge in [-0.25, -0.2) is 9.97 Å². The first kappa shape index (κ1) is 15.0. The molecule has 0 amide bonds. The van der Waals surface area contributed by atoms with E-state index in [4.69, 9.17) is 11.6 Å². The Bertz CT molecular complexity index is 848. The van der Waals surface area contributed by atoms with Gasteiger partial charge in [0.1, 0.15) is 18.0 Å². The summed E-state index contributed by atoms with van der Waals surface area (Å²) in [5.41, 5.74) is 3.55. The Morgan fingerprint density at radius 1 is 1.00 bits per heavy atom. The summed E-state index contributed by atoms with van der Waals surface area (Å²) in [6.07, 6.45) is 3.85. The molecule has 0 aliphatic carbocycles. The number of anilines is 4. The number of nitrogens with zero attached hydrogens (tertiary/aromatic N) is 3. The lowest BCUT2D eigenvalue weighted by Crippen LogP contribution is -2.25. The third-order valence-electron chi connectivity index (χ3n) is 4.16. The summed E-state index contributed by atoms with van der Waals surface area (Å²) in [5.74, 6) is 1.68. The van der Waals surface area contributed by atoms with Crippen LogP contribution < -0.4 is 10.2 Å². The molecule has 0 saturated heterocycles. The van der Waals surface area contributed by atoms with Gasteiger partial charge < -0.3 is 10.2 Å². The van der Waals surface area contributed by atoms with Crippen LogP contribution in [0.25, 0.3) is 0 Å². The number of nitrogens with one attached hydrogen (secondary N) is 1. The maximum Gasteiger partial charge on any atom is 0.138 e. The highest BCUT2D eigenvalue weighted by Gasteiger charge is 2.19. The molecule has 2 aromatic carbocycles. The van der Waals surface area contributed by atoms with Gasteiger partial charge in [0.2, 0.25) is 0 Å². The summed E-state index contributed by atoms with van der Waals surface area (Å²) < 4.78 is 0. The first-order chi connectivity index (χ1) is 11.8. The second kappa shape index (κ2) is 6.49. The molecule has 2 heterocycles. The first-order valence-corrected chi connectivity index (χ1v) is 8.37. The van der Waals surface area contributed by atoms with E-state index in [9.17, 15) is 0 Å². The number of hydrogen-bond acceptors (Lipinski definition) is 4. The molecular formula is C19H17ClN4. The average molecular weight is 337 g/mol. The summed E-state index contributed by atoms with van der Waals surface area (Å²) in [7, 11) is 0. The van der Waals surface area contributed by atoms with Crippen molar-refractivity contribution in [3.05, 3.63) is 71.5 Å². The van der Waals surface area contributed by atoms with Crippen molar-refractivity contribution >= 4 is 34.6 Å². The Labute approximate surface area is 146 Å². The zero-order chi connectivity index (χ0) is 16.4. The highest BCUT2D eigenvalue weighted by molar-refractivity contribution is 6.30. The van der Waals surface area contributed by atoms with Crippen LogP contribution in [0.1, 0.15) is 12.0 Å². The van der Waals surface area contributed by atoms with Gasteiger partial charge in [0, 0.05) is 29.0 Å². The van der Waals surface area contributed by atoms with Gasteiger partial charge in [-0.2, -0.15) is 0 Å². The smallest absolute Gasteiger partial charge is 0.138 e. The molecule has 1 aromatic heterocycles. The molecule has 0 fully saturated rings. The fraction of sp³-hybridized carbons (Fsp3) is 0.158. The Morgan fingerprint density at radius 3 is 2.71 bits per heavy atom. The Hall–Kier alpha value is -2.59. The monoisotopic (exact) mass is 336 g/mol. The van der Waals surface area contributed by atoms with Crippen LogP contribution in [0.2, 0.25) is 5.02 Å². The molecule has 0 atom stereocenters. The van der Waals surface area contributed by atoms with E-state index < -0.39 is 0 Å². The van der Waals surface area contributed by atoms with Crippen LogP contribution in [0.3, 0.4) is 0 Å². The summed E-state index contributed by atoms with van der Waals surface area (Å²) in [6.45, 7) is 0.967. The molecule has 3 aromatic rings. The number of benzene rings is 2. The molecule has 0 radical (unpaired) electrons. The predicted octanol–water partition coefficient (Wildman–Crippen LogP) is 4.96. The SMILES string of the molecule is Clc1ccc(Nc2cc(N3CCCc4ccccc43)ncn2)cc1. The molecule has 0 bridgehead atoms. The van der Waals surface area contributed by atoms with Crippen molar-refractivity contribution in [1.29, 1.82) is 0 Å². The van der Waals surface area contributed by atoms with Crippen molar-refractivity contribution in [3.8, 4) is 0 Å². The van der Waals surface area contributed by atoms with E-state index in [2.05, 4.69) is 44.5 Å². The molecule has 4 nitrogen and oxygen atoms in total. The Morgan fingerprint density at radius 2 is 1.83 bits per heavy atom. The summed E-state index contributed by atoms with van der Waals surface area (Å²) in [4.78, 5) is 11.1. The zero-order valence-corrected chi connectivity index (χ0v) is 13.9. The molecule has 24 heavy (non-hydrogen) atoms. The van der Waals surface area contributed by atoms with Crippen molar-refractivity contribution in [3.63, 3.8) is 0 Å². The van der Waals surface area contributed by atoms with Crippen molar-refractivity contribution in [1.82, 2.24) is 9.97 Å². The van der Waals surface area contributed by atoms with Gasteiger partial charge in [-0.1, -0.05) is 29.8 Å². The lowest BCUT2D eigenvalue weighted by molar-refractivity contribution is 0.758. The van der Waals surface area contributed by atoms with Crippen molar-refractivity contribution in [2.45, 2.75) is 12.8 Å². The predicted molar refractivity (Wildman–Crippen MR) is 98.5 cm³/mol. The van der Waals surface area contributed by atoms with Crippen LogP contribution in [-0.2, 0) is 6.42 Å². The topological polar surface area (TPSA) is 41.0 Å². The fourth-order valence-corrected chi connectivity index (χ4v) is 3.14.